The van der Waals surface area contributed by atoms with Crippen molar-refractivity contribution in [2.45, 2.75) is 26.8 Å². The number of aryl methyl sites for hydroxylation is 1. The summed E-state index contributed by atoms with van der Waals surface area (Å²) < 4.78 is 4.68. The maximum atomic E-state index is 11.7. The molecule has 1 rings (SSSR count). The predicted octanol–water partition coefficient (Wildman–Crippen LogP) is 2.31. The quantitative estimate of drug-likeness (QED) is 0.809. The van der Waals surface area contributed by atoms with Crippen molar-refractivity contribution in [1.82, 2.24) is 5.32 Å². The van der Waals surface area contributed by atoms with Gasteiger partial charge in [0.1, 0.15) is 0 Å². The lowest BCUT2D eigenvalue weighted by Gasteiger charge is -2.14. The Balaban J connectivity index is 3.00. The lowest BCUT2D eigenvalue weighted by atomic mass is 10.1. The number of ether oxygens (including phenoxy) is 1. The van der Waals surface area contributed by atoms with E-state index in [1.54, 1.807) is 12.1 Å². The van der Waals surface area contributed by atoms with Gasteiger partial charge in [-0.05, 0) is 32.4 Å². The Morgan fingerprint density at radius 2 is 1.94 bits per heavy atom. The van der Waals surface area contributed by atoms with Gasteiger partial charge in [0, 0.05) is 6.04 Å². The van der Waals surface area contributed by atoms with Gasteiger partial charge in [0.05, 0.1) is 18.4 Å². The predicted molar refractivity (Wildman–Crippen MR) is 69.8 cm³/mol. The van der Waals surface area contributed by atoms with Crippen LogP contribution < -0.4 is 10.6 Å². The number of nitrogens with one attached hydrogen (secondary N) is 2. The van der Waals surface area contributed by atoms with Gasteiger partial charge in [0.2, 0.25) is 0 Å². The van der Waals surface area contributed by atoms with Crippen molar-refractivity contribution < 1.29 is 14.3 Å². The molecule has 0 bridgehead atoms. The average molecular weight is 250 g/mol. The van der Waals surface area contributed by atoms with E-state index in [9.17, 15) is 9.59 Å². The molecule has 0 aliphatic rings. The van der Waals surface area contributed by atoms with Crippen LogP contribution in [0.2, 0.25) is 0 Å². The second-order valence-electron chi connectivity index (χ2n) is 4.24. The number of carbonyl (C=O) groups is 2. The third kappa shape index (κ3) is 3.48. The van der Waals surface area contributed by atoms with E-state index < -0.39 is 5.97 Å². The Bertz CT molecular complexity index is 456. The van der Waals surface area contributed by atoms with E-state index in [2.05, 4.69) is 15.4 Å². The van der Waals surface area contributed by atoms with E-state index in [4.69, 9.17) is 0 Å². The van der Waals surface area contributed by atoms with Crippen LogP contribution in [0.15, 0.2) is 18.2 Å². The fourth-order valence-corrected chi connectivity index (χ4v) is 1.53. The number of anilines is 1. The van der Waals surface area contributed by atoms with Crippen molar-refractivity contribution in [2.75, 3.05) is 12.4 Å². The number of methoxy groups -OCH3 is 1. The highest BCUT2D eigenvalue weighted by Gasteiger charge is 2.15. The van der Waals surface area contributed by atoms with Crippen molar-refractivity contribution in [3.05, 3.63) is 29.3 Å². The normalized spacial score (nSPS) is 10.1. The zero-order chi connectivity index (χ0) is 13.7. The van der Waals surface area contributed by atoms with Crippen LogP contribution in [0.25, 0.3) is 0 Å². The van der Waals surface area contributed by atoms with E-state index >= 15 is 0 Å². The molecule has 0 atom stereocenters. The second kappa shape index (κ2) is 6.05. The van der Waals surface area contributed by atoms with E-state index in [1.807, 2.05) is 26.8 Å². The molecule has 0 heterocycles. The molecule has 5 heteroatoms. The topological polar surface area (TPSA) is 67.4 Å². The van der Waals surface area contributed by atoms with E-state index in [0.29, 0.717) is 11.3 Å². The van der Waals surface area contributed by atoms with Crippen LogP contribution in [0.4, 0.5) is 10.5 Å². The lowest BCUT2D eigenvalue weighted by Crippen LogP contribution is -2.34. The van der Waals surface area contributed by atoms with Crippen LogP contribution in [0.1, 0.15) is 29.8 Å². The van der Waals surface area contributed by atoms with Gasteiger partial charge in [-0.15, -0.1) is 0 Å². The number of hydrogen-bond acceptors (Lipinski definition) is 3. The molecular formula is C13H18N2O3. The smallest absolute Gasteiger partial charge is 0.339 e. The van der Waals surface area contributed by atoms with Crippen molar-refractivity contribution in [1.29, 1.82) is 0 Å². The van der Waals surface area contributed by atoms with Gasteiger partial charge in [-0.3, -0.25) is 0 Å². The van der Waals surface area contributed by atoms with Gasteiger partial charge in [0.15, 0.2) is 0 Å². The molecule has 0 saturated carbocycles. The first-order chi connectivity index (χ1) is 8.45. The van der Waals surface area contributed by atoms with Crippen LogP contribution in [-0.2, 0) is 4.74 Å². The third-order valence-corrected chi connectivity index (χ3v) is 2.34. The van der Waals surface area contributed by atoms with Crippen LogP contribution in [0.5, 0.6) is 0 Å². The van der Waals surface area contributed by atoms with E-state index in [-0.39, 0.29) is 12.1 Å². The molecule has 0 saturated heterocycles. The molecule has 98 valence electrons. The summed E-state index contributed by atoms with van der Waals surface area (Å²) in [5, 5.41) is 5.37. The van der Waals surface area contributed by atoms with Crippen molar-refractivity contribution in [2.24, 2.45) is 0 Å². The van der Waals surface area contributed by atoms with Crippen LogP contribution >= 0.6 is 0 Å². The number of urea groups is 1. The minimum atomic E-state index is -0.474. The molecule has 18 heavy (non-hydrogen) atoms. The summed E-state index contributed by atoms with van der Waals surface area (Å²) in [6, 6.07) is 4.86. The van der Waals surface area contributed by atoms with Crippen LogP contribution in [0.3, 0.4) is 0 Å². The Kier molecular flexibility index (Phi) is 4.71. The zero-order valence-corrected chi connectivity index (χ0v) is 11.0. The number of hydrogen-bond donors (Lipinski definition) is 2. The Morgan fingerprint density at radius 3 is 2.50 bits per heavy atom. The first-order valence-corrected chi connectivity index (χ1v) is 5.71. The maximum Gasteiger partial charge on any atom is 0.339 e. The SMILES string of the molecule is COC(=O)c1cccc(C)c1NC(=O)NC(C)C. The molecule has 1 aromatic carbocycles. The van der Waals surface area contributed by atoms with Crippen LogP contribution in [-0.4, -0.2) is 25.2 Å². The first-order valence-electron chi connectivity index (χ1n) is 5.71. The Morgan fingerprint density at radius 1 is 1.28 bits per heavy atom. The number of esters is 1. The number of rotatable bonds is 3. The van der Waals surface area contributed by atoms with Crippen molar-refractivity contribution in [3.8, 4) is 0 Å². The minimum absolute atomic E-state index is 0.0237. The monoisotopic (exact) mass is 250 g/mol. The largest absolute Gasteiger partial charge is 0.465 e. The van der Waals surface area contributed by atoms with E-state index in [0.717, 1.165) is 5.56 Å². The number of benzene rings is 1. The summed E-state index contributed by atoms with van der Waals surface area (Å²) in [6.07, 6.45) is 0. The van der Waals surface area contributed by atoms with Crippen molar-refractivity contribution >= 4 is 17.7 Å². The highest BCUT2D eigenvalue weighted by Crippen LogP contribution is 2.21. The highest BCUT2D eigenvalue weighted by molar-refractivity contribution is 6.01. The fourth-order valence-electron chi connectivity index (χ4n) is 1.53. The highest BCUT2D eigenvalue weighted by atomic mass is 16.5. The maximum absolute atomic E-state index is 11.7. The van der Waals surface area contributed by atoms with Gasteiger partial charge >= 0.3 is 12.0 Å². The Hall–Kier alpha value is -2.04. The molecule has 0 aliphatic heterocycles. The fraction of sp³-hybridized carbons (Fsp3) is 0.385. The minimum Gasteiger partial charge on any atom is -0.465 e. The number of para-hydroxylation sites is 1. The van der Waals surface area contributed by atoms with E-state index in [1.165, 1.54) is 7.11 Å². The molecule has 0 fully saturated rings. The van der Waals surface area contributed by atoms with Gasteiger partial charge in [0.25, 0.3) is 0 Å². The molecular weight excluding hydrogens is 232 g/mol. The molecule has 0 aliphatic carbocycles. The summed E-state index contributed by atoms with van der Waals surface area (Å²) in [5.74, 6) is -0.474. The van der Waals surface area contributed by atoms with Gasteiger partial charge in [-0.1, -0.05) is 12.1 Å². The molecule has 1 aromatic rings. The first kappa shape index (κ1) is 14.0. The Labute approximate surface area is 107 Å². The molecule has 0 aromatic heterocycles. The summed E-state index contributed by atoms with van der Waals surface area (Å²) in [4.78, 5) is 23.3. The van der Waals surface area contributed by atoms with Crippen molar-refractivity contribution in [3.63, 3.8) is 0 Å². The third-order valence-electron chi connectivity index (χ3n) is 2.34. The summed E-state index contributed by atoms with van der Waals surface area (Å²) in [7, 11) is 1.31. The van der Waals surface area contributed by atoms with Gasteiger partial charge in [-0.25, -0.2) is 9.59 Å². The summed E-state index contributed by atoms with van der Waals surface area (Å²) in [6.45, 7) is 5.54. The molecule has 0 spiro atoms. The lowest BCUT2D eigenvalue weighted by molar-refractivity contribution is 0.0602. The second-order valence-corrected chi connectivity index (χ2v) is 4.24. The number of carbonyl (C=O) groups excluding carboxylic acids is 2. The molecule has 2 amide bonds. The molecule has 0 unspecified atom stereocenters. The zero-order valence-electron chi connectivity index (χ0n) is 11.0. The average Bonchev–Trinajstić information content (AvgIpc) is 2.29. The summed E-state index contributed by atoms with van der Waals surface area (Å²) >= 11 is 0. The van der Waals surface area contributed by atoms with Gasteiger partial charge < -0.3 is 15.4 Å². The molecule has 2 N–H and O–H groups in total. The standard InChI is InChI=1S/C13H18N2O3/c1-8(2)14-13(17)15-11-9(3)6-5-7-10(11)12(16)18-4/h5-8H,1-4H3,(H2,14,15,17). The molecule has 5 nitrogen and oxygen atoms in total. The van der Waals surface area contributed by atoms with Crippen LogP contribution in [0, 0.1) is 6.92 Å². The number of amides is 2. The van der Waals surface area contributed by atoms with Gasteiger partial charge in [-0.2, -0.15) is 0 Å². The summed E-state index contributed by atoms with van der Waals surface area (Å²) in [5.41, 5.74) is 1.62. The molecule has 0 radical (unpaired) electrons.